The van der Waals surface area contributed by atoms with E-state index in [0.29, 0.717) is 54.4 Å². The van der Waals surface area contributed by atoms with Gasteiger partial charge in [0, 0.05) is 30.8 Å². The SMILES string of the molecule is CCOC(=O)c1ccc(C(=O)N2CCC(C(=O)Nc3ccc4c(c3)OCO4)CC2)nc1C. The summed E-state index contributed by atoms with van der Waals surface area (Å²) >= 11 is 0. The summed E-state index contributed by atoms with van der Waals surface area (Å²) in [5, 5.41) is 2.92. The van der Waals surface area contributed by atoms with E-state index < -0.39 is 5.97 Å². The molecule has 4 rings (SSSR count). The van der Waals surface area contributed by atoms with Gasteiger partial charge in [-0.05, 0) is 51.0 Å². The second-order valence-corrected chi connectivity index (χ2v) is 7.67. The van der Waals surface area contributed by atoms with Crippen LogP contribution in [0.2, 0.25) is 0 Å². The third kappa shape index (κ3) is 4.51. The number of pyridine rings is 1. The van der Waals surface area contributed by atoms with E-state index in [1.54, 1.807) is 49.1 Å². The van der Waals surface area contributed by atoms with Crippen molar-refractivity contribution in [2.75, 3.05) is 31.8 Å². The highest BCUT2D eigenvalue weighted by molar-refractivity contribution is 5.96. The molecule has 0 atom stereocenters. The number of benzene rings is 1. The van der Waals surface area contributed by atoms with Crippen molar-refractivity contribution in [2.45, 2.75) is 26.7 Å². The molecule has 1 aromatic heterocycles. The van der Waals surface area contributed by atoms with Gasteiger partial charge >= 0.3 is 5.97 Å². The third-order valence-electron chi connectivity index (χ3n) is 5.59. The quantitative estimate of drug-likeness (QED) is 0.714. The first-order chi connectivity index (χ1) is 15.5. The number of carbonyl (C=O) groups excluding carboxylic acids is 3. The van der Waals surface area contributed by atoms with E-state index in [2.05, 4.69) is 10.3 Å². The Hall–Kier alpha value is -3.62. The average Bonchev–Trinajstić information content (AvgIpc) is 3.26. The van der Waals surface area contributed by atoms with Gasteiger partial charge in [-0.1, -0.05) is 0 Å². The number of carbonyl (C=O) groups is 3. The van der Waals surface area contributed by atoms with E-state index in [1.807, 2.05) is 0 Å². The fourth-order valence-electron chi connectivity index (χ4n) is 3.83. The molecule has 1 aromatic carbocycles. The number of ether oxygens (including phenoxy) is 3. The van der Waals surface area contributed by atoms with Crippen LogP contribution in [0.5, 0.6) is 11.5 Å². The van der Waals surface area contributed by atoms with Gasteiger partial charge in [0.15, 0.2) is 11.5 Å². The van der Waals surface area contributed by atoms with Crippen LogP contribution in [0, 0.1) is 12.8 Å². The molecule has 168 valence electrons. The molecule has 0 radical (unpaired) electrons. The van der Waals surface area contributed by atoms with Gasteiger partial charge in [-0.2, -0.15) is 0 Å². The minimum Gasteiger partial charge on any atom is -0.462 e. The summed E-state index contributed by atoms with van der Waals surface area (Å²) in [5.41, 5.74) is 1.73. The monoisotopic (exact) mass is 439 g/mol. The van der Waals surface area contributed by atoms with Crippen molar-refractivity contribution in [3.8, 4) is 11.5 Å². The van der Waals surface area contributed by atoms with Crippen molar-refractivity contribution in [3.63, 3.8) is 0 Å². The zero-order valence-electron chi connectivity index (χ0n) is 18.1. The standard InChI is InChI=1S/C23H25N3O6/c1-3-30-23(29)17-5-6-18(24-14(17)2)22(28)26-10-8-15(9-11-26)21(27)25-16-4-7-19-20(12-16)32-13-31-19/h4-7,12,15H,3,8-11,13H2,1-2H3,(H,25,27). The Bertz CT molecular complexity index is 1050. The van der Waals surface area contributed by atoms with Crippen molar-refractivity contribution < 1.29 is 28.6 Å². The molecule has 1 fully saturated rings. The predicted molar refractivity (Wildman–Crippen MR) is 115 cm³/mol. The molecule has 32 heavy (non-hydrogen) atoms. The number of esters is 1. The molecule has 3 heterocycles. The van der Waals surface area contributed by atoms with E-state index in [9.17, 15) is 14.4 Å². The molecular formula is C23H25N3O6. The van der Waals surface area contributed by atoms with Crippen molar-refractivity contribution >= 4 is 23.5 Å². The van der Waals surface area contributed by atoms with Gasteiger partial charge in [-0.3, -0.25) is 9.59 Å². The van der Waals surface area contributed by atoms with Crippen LogP contribution >= 0.6 is 0 Å². The fraction of sp³-hybridized carbons (Fsp3) is 0.391. The first kappa shape index (κ1) is 21.6. The van der Waals surface area contributed by atoms with Gasteiger partial charge in [0.1, 0.15) is 5.69 Å². The fourth-order valence-corrected chi connectivity index (χ4v) is 3.83. The summed E-state index contributed by atoms with van der Waals surface area (Å²) in [5.74, 6) is 0.340. The number of likely N-dealkylation sites (tertiary alicyclic amines) is 1. The minimum absolute atomic E-state index is 0.0799. The minimum atomic E-state index is -0.453. The summed E-state index contributed by atoms with van der Waals surface area (Å²) in [6.07, 6.45) is 1.12. The van der Waals surface area contributed by atoms with Gasteiger partial charge in [-0.25, -0.2) is 9.78 Å². The molecule has 2 aliphatic rings. The zero-order valence-corrected chi connectivity index (χ0v) is 18.1. The molecule has 0 unspecified atom stereocenters. The van der Waals surface area contributed by atoms with Crippen molar-refractivity contribution in [1.82, 2.24) is 9.88 Å². The average molecular weight is 439 g/mol. The van der Waals surface area contributed by atoms with Crippen LogP contribution in [0.15, 0.2) is 30.3 Å². The van der Waals surface area contributed by atoms with Gasteiger partial charge in [0.05, 0.1) is 17.9 Å². The Balaban J connectivity index is 1.33. The summed E-state index contributed by atoms with van der Waals surface area (Å²) in [4.78, 5) is 43.4. The van der Waals surface area contributed by atoms with Gasteiger partial charge in [0.25, 0.3) is 5.91 Å². The lowest BCUT2D eigenvalue weighted by molar-refractivity contribution is -0.121. The Morgan fingerprint density at radius 2 is 1.88 bits per heavy atom. The maximum atomic E-state index is 12.9. The number of piperidine rings is 1. The van der Waals surface area contributed by atoms with E-state index in [-0.39, 0.29) is 36.8 Å². The largest absolute Gasteiger partial charge is 0.462 e. The number of nitrogens with zero attached hydrogens (tertiary/aromatic N) is 2. The van der Waals surface area contributed by atoms with Crippen LogP contribution in [-0.4, -0.2) is 54.2 Å². The second kappa shape index (κ2) is 9.25. The molecule has 9 heteroatoms. The van der Waals surface area contributed by atoms with Gasteiger partial charge in [-0.15, -0.1) is 0 Å². The number of rotatable bonds is 5. The highest BCUT2D eigenvalue weighted by atomic mass is 16.7. The molecular weight excluding hydrogens is 414 g/mol. The van der Waals surface area contributed by atoms with E-state index in [4.69, 9.17) is 14.2 Å². The lowest BCUT2D eigenvalue weighted by Gasteiger charge is -2.31. The van der Waals surface area contributed by atoms with Crippen LogP contribution in [0.4, 0.5) is 5.69 Å². The Morgan fingerprint density at radius 3 is 2.59 bits per heavy atom. The second-order valence-electron chi connectivity index (χ2n) is 7.67. The third-order valence-corrected chi connectivity index (χ3v) is 5.59. The van der Waals surface area contributed by atoms with E-state index >= 15 is 0 Å². The number of anilines is 1. The van der Waals surface area contributed by atoms with E-state index in [1.165, 1.54) is 0 Å². The summed E-state index contributed by atoms with van der Waals surface area (Å²) in [6.45, 7) is 4.78. The highest BCUT2D eigenvalue weighted by Gasteiger charge is 2.29. The number of aryl methyl sites for hydroxylation is 1. The first-order valence-electron chi connectivity index (χ1n) is 10.6. The molecule has 2 aliphatic heterocycles. The lowest BCUT2D eigenvalue weighted by atomic mass is 9.95. The van der Waals surface area contributed by atoms with Crippen LogP contribution in [0.3, 0.4) is 0 Å². The molecule has 1 saturated heterocycles. The topological polar surface area (TPSA) is 107 Å². The van der Waals surface area contributed by atoms with Crippen LogP contribution in [0.1, 0.15) is 46.3 Å². The molecule has 0 saturated carbocycles. The molecule has 2 amide bonds. The Kier molecular flexibility index (Phi) is 6.25. The number of fused-ring (bicyclic) bond motifs is 1. The number of hydrogen-bond donors (Lipinski definition) is 1. The summed E-state index contributed by atoms with van der Waals surface area (Å²) in [6, 6.07) is 8.39. The molecule has 9 nitrogen and oxygen atoms in total. The molecule has 2 aromatic rings. The van der Waals surface area contributed by atoms with Crippen LogP contribution < -0.4 is 14.8 Å². The smallest absolute Gasteiger partial charge is 0.339 e. The van der Waals surface area contributed by atoms with Crippen molar-refractivity contribution in [3.05, 3.63) is 47.3 Å². The number of amides is 2. The predicted octanol–water partition coefficient (Wildman–Crippen LogP) is 2.79. The van der Waals surface area contributed by atoms with Crippen molar-refractivity contribution in [1.29, 1.82) is 0 Å². The maximum absolute atomic E-state index is 12.9. The summed E-state index contributed by atoms with van der Waals surface area (Å²) in [7, 11) is 0. The van der Waals surface area contributed by atoms with Crippen LogP contribution in [-0.2, 0) is 9.53 Å². The zero-order chi connectivity index (χ0) is 22.7. The molecule has 0 aliphatic carbocycles. The van der Waals surface area contributed by atoms with E-state index in [0.717, 1.165) is 0 Å². The molecule has 1 N–H and O–H groups in total. The number of aromatic nitrogens is 1. The normalized spacial score (nSPS) is 15.4. The molecule has 0 bridgehead atoms. The molecule has 0 spiro atoms. The van der Waals surface area contributed by atoms with Gasteiger partial charge < -0.3 is 24.4 Å². The van der Waals surface area contributed by atoms with Gasteiger partial charge in [0.2, 0.25) is 12.7 Å². The van der Waals surface area contributed by atoms with Crippen LogP contribution in [0.25, 0.3) is 0 Å². The first-order valence-corrected chi connectivity index (χ1v) is 10.6. The highest BCUT2D eigenvalue weighted by Crippen LogP contribution is 2.34. The van der Waals surface area contributed by atoms with Crippen molar-refractivity contribution in [2.24, 2.45) is 5.92 Å². The number of nitrogens with one attached hydrogen (secondary N) is 1. The maximum Gasteiger partial charge on any atom is 0.339 e. The lowest BCUT2D eigenvalue weighted by Crippen LogP contribution is -2.41. The number of hydrogen-bond acceptors (Lipinski definition) is 7. The summed E-state index contributed by atoms with van der Waals surface area (Å²) < 4.78 is 15.6. The Morgan fingerprint density at radius 1 is 1.12 bits per heavy atom. The Labute approximate surface area is 185 Å².